The predicted octanol–water partition coefficient (Wildman–Crippen LogP) is 1.92. The third kappa shape index (κ3) is 2.15. The summed E-state index contributed by atoms with van der Waals surface area (Å²) in [6.45, 7) is 1.86. The summed E-state index contributed by atoms with van der Waals surface area (Å²) >= 11 is 0. The number of phenols is 3. The molecular weight excluding hydrogens is 168 g/mol. The first kappa shape index (κ1) is 9.45. The highest BCUT2D eigenvalue weighted by Crippen LogP contribution is 2.32. The topological polar surface area (TPSA) is 60.7 Å². The summed E-state index contributed by atoms with van der Waals surface area (Å²) < 4.78 is 0. The maximum Gasteiger partial charge on any atom is 0.126 e. The summed E-state index contributed by atoms with van der Waals surface area (Å²) in [6.07, 6.45) is 4.09. The Morgan fingerprint density at radius 3 is 2.15 bits per heavy atom. The van der Waals surface area contributed by atoms with Gasteiger partial charge in [0, 0.05) is 17.7 Å². The van der Waals surface area contributed by atoms with E-state index in [-0.39, 0.29) is 17.2 Å². The molecule has 0 aromatic heterocycles. The average molecular weight is 180 g/mol. The summed E-state index contributed by atoms with van der Waals surface area (Å²) in [6, 6.07) is 2.41. The molecule has 0 fully saturated rings. The van der Waals surface area contributed by atoms with Crippen LogP contribution in [0.5, 0.6) is 17.2 Å². The van der Waals surface area contributed by atoms with E-state index >= 15 is 0 Å². The zero-order chi connectivity index (χ0) is 9.84. The van der Waals surface area contributed by atoms with Crippen molar-refractivity contribution in [1.29, 1.82) is 0 Å². The molecule has 3 nitrogen and oxygen atoms in total. The lowest BCUT2D eigenvalue weighted by Gasteiger charge is -2.04. The van der Waals surface area contributed by atoms with E-state index in [1.54, 1.807) is 0 Å². The van der Waals surface area contributed by atoms with Gasteiger partial charge >= 0.3 is 0 Å². The second-order valence-corrected chi connectivity index (χ2v) is 2.74. The normalized spacial score (nSPS) is 10.8. The van der Waals surface area contributed by atoms with E-state index in [1.807, 2.05) is 19.1 Å². The number of hydrogen-bond donors (Lipinski definition) is 3. The second kappa shape index (κ2) is 3.85. The van der Waals surface area contributed by atoms with E-state index in [2.05, 4.69) is 0 Å². The molecule has 0 saturated carbocycles. The standard InChI is InChI=1S/C10H12O3/c1-2-3-4-8-9(12)5-7(11)6-10(8)13/h2-3,5-6,11-13H,4H2,1H3/b3-2+. The van der Waals surface area contributed by atoms with E-state index in [4.69, 9.17) is 5.11 Å². The molecule has 0 radical (unpaired) electrons. The molecule has 0 spiro atoms. The van der Waals surface area contributed by atoms with E-state index in [0.717, 1.165) is 0 Å². The predicted molar refractivity (Wildman–Crippen MR) is 50.0 cm³/mol. The Labute approximate surface area is 76.6 Å². The monoisotopic (exact) mass is 180 g/mol. The fourth-order valence-electron chi connectivity index (χ4n) is 1.07. The fraction of sp³-hybridized carbons (Fsp3) is 0.200. The number of phenolic OH excluding ortho intramolecular Hbond substituents is 3. The molecule has 0 saturated heterocycles. The summed E-state index contributed by atoms with van der Waals surface area (Å²) in [5, 5.41) is 27.7. The van der Waals surface area contributed by atoms with Crippen LogP contribution in [0.15, 0.2) is 24.3 Å². The number of rotatable bonds is 2. The zero-order valence-corrected chi connectivity index (χ0v) is 7.36. The van der Waals surface area contributed by atoms with E-state index in [0.29, 0.717) is 12.0 Å². The molecule has 0 bridgehead atoms. The number of hydrogen-bond acceptors (Lipinski definition) is 3. The molecule has 1 aromatic rings. The zero-order valence-electron chi connectivity index (χ0n) is 7.36. The fourth-order valence-corrected chi connectivity index (χ4v) is 1.07. The maximum atomic E-state index is 9.34. The summed E-state index contributed by atoms with van der Waals surface area (Å²) in [5.41, 5.74) is 0.427. The van der Waals surface area contributed by atoms with Crippen molar-refractivity contribution in [3.05, 3.63) is 29.8 Å². The van der Waals surface area contributed by atoms with Crippen LogP contribution in [0, 0.1) is 0 Å². The average Bonchev–Trinajstić information content (AvgIpc) is 2.02. The van der Waals surface area contributed by atoms with Crippen LogP contribution >= 0.6 is 0 Å². The maximum absolute atomic E-state index is 9.34. The van der Waals surface area contributed by atoms with Gasteiger partial charge in [0.2, 0.25) is 0 Å². The Morgan fingerprint density at radius 1 is 1.15 bits per heavy atom. The van der Waals surface area contributed by atoms with E-state index in [9.17, 15) is 10.2 Å². The highest BCUT2D eigenvalue weighted by molar-refractivity contribution is 5.49. The van der Waals surface area contributed by atoms with Gasteiger partial charge in [-0.05, 0) is 13.3 Å². The van der Waals surface area contributed by atoms with Crippen molar-refractivity contribution in [1.82, 2.24) is 0 Å². The minimum absolute atomic E-state index is 0.0874. The first-order valence-electron chi connectivity index (χ1n) is 4.00. The SMILES string of the molecule is C/C=C/Cc1c(O)cc(O)cc1O. The summed E-state index contributed by atoms with van der Waals surface area (Å²) in [7, 11) is 0. The summed E-state index contributed by atoms with van der Waals surface area (Å²) in [5.74, 6) is -0.314. The van der Waals surface area contributed by atoms with Gasteiger partial charge in [-0.1, -0.05) is 12.2 Å². The Hall–Kier alpha value is -1.64. The van der Waals surface area contributed by atoms with Crippen LogP contribution < -0.4 is 0 Å². The molecule has 1 aromatic carbocycles. The van der Waals surface area contributed by atoms with Gasteiger partial charge in [-0.2, -0.15) is 0 Å². The third-order valence-electron chi connectivity index (χ3n) is 1.75. The quantitative estimate of drug-likeness (QED) is 0.609. The summed E-state index contributed by atoms with van der Waals surface area (Å²) in [4.78, 5) is 0. The first-order valence-corrected chi connectivity index (χ1v) is 4.00. The van der Waals surface area contributed by atoms with Crippen LogP contribution in [-0.2, 0) is 6.42 Å². The molecule has 0 unspecified atom stereocenters. The molecule has 3 N–H and O–H groups in total. The lowest BCUT2D eigenvalue weighted by Crippen LogP contribution is -1.83. The number of allylic oxidation sites excluding steroid dienone is 2. The molecule has 3 heteroatoms. The van der Waals surface area contributed by atoms with Gasteiger partial charge in [-0.15, -0.1) is 0 Å². The van der Waals surface area contributed by atoms with E-state index in [1.165, 1.54) is 12.1 Å². The van der Waals surface area contributed by atoms with Crippen LogP contribution in [-0.4, -0.2) is 15.3 Å². The van der Waals surface area contributed by atoms with Crippen LogP contribution in [0.25, 0.3) is 0 Å². The number of aromatic hydroxyl groups is 3. The van der Waals surface area contributed by atoms with Gasteiger partial charge in [0.1, 0.15) is 17.2 Å². The van der Waals surface area contributed by atoms with Crippen molar-refractivity contribution >= 4 is 0 Å². The molecule has 0 amide bonds. The van der Waals surface area contributed by atoms with Crippen LogP contribution in [0.1, 0.15) is 12.5 Å². The molecule has 0 heterocycles. The van der Waals surface area contributed by atoms with Gasteiger partial charge in [0.15, 0.2) is 0 Å². The highest BCUT2D eigenvalue weighted by atomic mass is 16.3. The van der Waals surface area contributed by atoms with Crippen molar-refractivity contribution in [2.75, 3.05) is 0 Å². The Morgan fingerprint density at radius 2 is 1.69 bits per heavy atom. The molecule has 13 heavy (non-hydrogen) atoms. The Bertz CT molecular complexity index is 306. The number of benzene rings is 1. The van der Waals surface area contributed by atoms with Crippen molar-refractivity contribution in [2.24, 2.45) is 0 Å². The molecule has 0 aliphatic rings. The van der Waals surface area contributed by atoms with Crippen molar-refractivity contribution in [3.8, 4) is 17.2 Å². The molecule has 0 aliphatic carbocycles. The molecule has 0 atom stereocenters. The van der Waals surface area contributed by atoms with Gasteiger partial charge in [-0.25, -0.2) is 0 Å². The second-order valence-electron chi connectivity index (χ2n) is 2.74. The minimum atomic E-state index is -0.140. The molecular formula is C10H12O3. The van der Waals surface area contributed by atoms with Crippen molar-refractivity contribution in [3.63, 3.8) is 0 Å². The minimum Gasteiger partial charge on any atom is -0.508 e. The van der Waals surface area contributed by atoms with E-state index < -0.39 is 0 Å². The van der Waals surface area contributed by atoms with Crippen molar-refractivity contribution < 1.29 is 15.3 Å². The molecule has 0 aliphatic heterocycles. The Kier molecular flexibility index (Phi) is 2.80. The van der Waals surface area contributed by atoms with Gasteiger partial charge in [0.05, 0.1) is 0 Å². The van der Waals surface area contributed by atoms with Crippen molar-refractivity contribution in [2.45, 2.75) is 13.3 Å². The van der Waals surface area contributed by atoms with Crippen LogP contribution in [0.3, 0.4) is 0 Å². The lowest BCUT2D eigenvalue weighted by molar-refractivity contribution is 0.421. The van der Waals surface area contributed by atoms with Gasteiger partial charge in [-0.3, -0.25) is 0 Å². The first-order chi connectivity index (χ1) is 6.15. The Balaban J connectivity index is 3.05. The third-order valence-corrected chi connectivity index (χ3v) is 1.75. The van der Waals surface area contributed by atoms with Gasteiger partial charge < -0.3 is 15.3 Å². The molecule has 70 valence electrons. The lowest BCUT2D eigenvalue weighted by atomic mass is 10.1. The smallest absolute Gasteiger partial charge is 0.126 e. The van der Waals surface area contributed by atoms with Crippen LogP contribution in [0.4, 0.5) is 0 Å². The molecule has 1 rings (SSSR count). The van der Waals surface area contributed by atoms with Crippen LogP contribution in [0.2, 0.25) is 0 Å². The van der Waals surface area contributed by atoms with Gasteiger partial charge in [0.25, 0.3) is 0 Å². The largest absolute Gasteiger partial charge is 0.508 e. The highest BCUT2D eigenvalue weighted by Gasteiger charge is 2.07.